The molecular weight excluding hydrogens is 238 g/mol. The first-order chi connectivity index (χ1) is 8.02. The quantitative estimate of drug-likeness (QED) is 0.849. The van der Waals surface area contributed by atoms with Gasteiger partial charge < -0.3 is 10.1 Å². The Morgan fingerprint density at radius 2 is 2.18 bits per heavy atom. The number of nitrogens with one attached hydrogen (secondary N) is 1. The molecule has 0 amide bonds. The molecule has 1 aromatic carbocycles. The molecule has 0 aromatic heterocycles. The molecule has 0 aliphatic rings. The van der Waals surface area contributed by atoms with Crippen molar-refractivity contribution >= 4 is 17.4 Å². The number of ketones is 1. The molecule has 0 aliphatic carbocycles. The van der Waals surface area contributed by atoms with Gasteiger partial charge in [0.25, 0.3) is 0 Å². The van der Waals surface area contributed by atoms with Crippen LogP contribution in [-0.4, -0.2) is 25.5 Å². The molecule has 4 heteroatoms. The maximum absolute atomic E-state index is 11.6. The van der Waals surface area contributed by atoms with Crippen LogP contribution < -0.4 is 10.1 Å². The van der Waals surface area contributed by atoms with Crippen LogP contribution in [0.15, 0.2) is 18.2 Å². The van der Waals surface area contributed by atoms with Gasteiger partial charge in [-0.15, -0.1) is 0 Å². The van der Waals surface area contributed by atoms with E-state index in [2.05, 4.69) is 5.32 Å². The molecular formula is C13H18ClNO2. The summed E-state index contributed by atoms with van der Waals surface area (Å²) in [6, 6.07) is 5.73. The molecule has 0 spiro atoms. The fraction of sp³-hybridized carbons (Fsp3) is 0.462. The minimum atomic E-state index is 0.153. The van der Waals surface area contributed by atoms with E-state index in [4.69, 9.17) is 16.3 Å². The van der Waals surface area contributed by atoms with Gasteiger partial charge in [-0.05, 0) is 17.7 Å². The fourth-order valence-electron chi connectivity index (χ4n) is 1.43. The topological polar surface area (TPSA) is 38.3 Å². The Kier molecular flexibility index (Phi) is 5.45. The number of rotatable bonds is 6. The van der Waals surface area contributed by atoms with Crippen molar-refractivity contribution in [3.8, 4) is 5.75 Å². The van der Waals surface area contributed by atoms with Gasteiger partial charge in [0.1, 0.15) is 5.75 Å². The monoisotopic (exact) mass is 255 g/mol. The van der Waals surface area contributed by atoms with Gasteiger partial charge in [0.05, 0.1) is 18.7 Å². The van der Waals surface area contributed by atoms with Crippen LogP contribution in [0.25, 0.3) is 0 Å². The molecule has 0 saturated carbocycles. The number of ether oxygens (including phenoxy) is 1. The van der Waals surface area contributed by atoms with Gasteiger partial charge in [-0.2, -0.15) is 0 Å². The highest BCUT2D eigenvalue weighted by Crippen LogP contribution is 2.25. The van der Waals surface area contributed by atoms with Gasteiger partial charge in [0.15, 0.2) is 5.78 Å². The molecule has 17 heavy (non-hydrogen) atoms. The van der Waals surface area contributed by atoms with E-state index in [1.807, 2.05) is 19.9 Å². The summed E-state index contributed by atoms with van der Waals surface area (Å²) in [6.07, 6.45) is 0.392. The number of benzene rings is 1. The van der Waals surface area contributed by atoms with Gasteiger partial charge >= 0.3 is 0 Å². The van der Waals surface area contributed by atoms with E-state index in [1.165, 1.54) is 0 Å². The summed E-state index contributed by atoms with van der Waals surface area (Å²) in [5.74, 6) is 0.781. The van der Waals surface area contributed by atoms with Gasteiger partial charge in [-0.1, -0.05) is 31.5 Å². The molecule has 0 bridgehead atoms. The highest BCUT2D eigenvalue weighted by molar-refractivity contribution is 6.32. The first kappa shape index (κ1) is 14.0. The third-order valence-electron chi connectivity index (χ3n) is 2.32. The normalized spacial score (nSPS) is 10.6. The summed E-state index contributed by atoms with van der Waals surface area (Å²) in [6.45, 7) is 4.41. The molecule has 0 saturated heterocycles. The van der Waals surface area contributed by atoms with Crippen LogP contribution in [0.1, 0.15) is 19.4 Å². The Bertz CT molecular complexity index is 391. The van der Waals surface area contributed by atoms with Gasteiger partial charge in [-0.3, -0.25) is 4.79 Å². The van der Waals surface area contributed by atoms with Crippen LogP contribution in [0.4, 0.5) is 0 Å². The van der Waals surface area contributed by atoms with E-state index in [-0.39, 0.29) is 5.78 Å². The number of methoxy groups -OCH3 is 1. The number of Topliss-reactive ketones (excluding diaryl/α,β-unsaturated/α-hetero) is 1. The van der Waals surface area contributed by atoms with Crippen molar-refractivity contribution in [2.45, 2.75) is 26.3 Å². The largest absolute Gasteiger partial charge is 0.495 e. The van der Waals surface area contributed by atoms with Crippen LogP contribution in [0.3, 0.4) is 0 Å². The number of halogens is 1. The number of carbonyl (C=O) groups excluding carboxylic acids is 1. The molecule has 3 nitrogen and oxygen atoms in total. The van der Waals surface area contributed by atoms with E-state index in [9.17, 15) is 4.79 Å². The summed E-state index contributed by atoms with van der Waals surface area (Å²) in [7, 11) is 1.57. The predicted molar refractivity (Wildman–Crippen MR) is 69.9 cm³/mol. The zero-order valence-corrected chi connectivity index (χ0v) is 11.2. The molecule has 0 aliphatic heterocycles. The third kappa shape index (κ3) is 4.75. The molecule has 0 unspecified atom stereocenters. The second kappa shape index (κ2) is 6.62. The zero-order valence-electron chi connectivity index (χ0n) is 10.4. The first-order valence-corrected chi connectivity index (χ1v) is 5.98. The lowest BCUT2D eigenvalue weighted by Gasteiger charge is -2.08. The lowest BCUT2D eigenvalue weighted by Crippen LogP contribution is -2.29. The van der Waals surface area contributed by atoms with Crippen molar-refractivity contribution in [2.24, 2.45) is 0 Å². The number of hydrogen-bond donors (Lipinski definition) is 1. The summed E-state index contributed by atoms with van der Waals surface area (Å²) in [5.41, 5.74) is 0.909. The standard InChI is InChI=1S/C13H18ClNO2/c1-9(2)15-8-11(16)6-10-4-5-13(17-3)12(14)7-10/h4-5,7,9,15H,6,8H2,1-3H3. The molecule has 94 valence electrons. The van der Waals surface area contributed by atoms with E-state index >= 15 is 0 Å². The molecule has 1 rings (SSSR count). The molecule has 0 heterocycles. The fourth-order valence-corrected chi connectivity index (χ4v) is 1.71. The Balaban J connectivity index is 2.57. The lowest BCUT2D eigenvalue weighted by molar-refractivity contribution is -0.117. The Morgan fingerprint density at radius 3 is 2.71 bits per heavy atom. The minimum absolute atomic E-state index is 0.153. The molecule has 1 aromatic rings. The van der Waals surface area contributed by atoms with Crippen molar-refractivity contribution in [3.05, 3.63) is 28.8 Å². The maximum Gasteiger partial charge on any atom is 0.150 e. The third-order valence-corrected chi connectivity index (χ3v) is 2.62. The highest BCUT2D eigenvalue weighted by atomic mass is 35.5. The number of hydrogen-bond acceptors (Lipinski definition) is 3. The summed E-state index contributed by atoms with van der Waals surface area (Å²) in [5, 5.41) is 3.63. The van der Waals surface area contributed by atoms with Crippen LogP contribution >= 0.6 is 11.6 Å². The molecule has 1 N–H and O–H groups in total. The zero-order chi connectivity index (χ0) is 12.8. The Labute approximate surface area is 107 Å². The second-order valence-electron chi connectivity index (χ2n) is 4.22. The maximum atomic E-state index is 11.6. The Morgan fingerprint density at radius 1 is 1.47 bits per heavy atom. The lowest BCUT2D eigenvalue weighted by atomic mass is 10.1. The Hall–Kier alpha value is -1.06. The van der Waals surface area contributed by atoms with Crippen molar-refractivity contribution < 1.29 is 9.53 Å². The van der Waals surface area contributed by atoms with E-state index in [1.54, 1.807) is 19.2 Å². The molecule has 0 atom stereocenters. The summed E-state index contributed by atoms with van der Waals surface area (Å²) in [4.78, 5) is 11.6. The van der Waals surface area contributed by atoms with E-state index in [0.717, 1.165) is 5.56 Å². The van der Waals surface area contributed by atoms with E-state index in [0.29, 0.717) is 29.8 Å². The van der Waals surface area contributed by atoms with Crippen LogP contribution in [0.5, 0.6) is 5.75 Å². The van der Waals surface area contributed by atoms with E-state index < -0.39 is 0 Å². The highest BCUT2D eigenvalue weighted by Gasteiger charge is 2.07. The van der Waals surface area contributed by atoms with Crippen LogP contribution in [0.2, 0.25) is 5.02 Å². The van der Waals surface area contributed by atoms with Crippen LogP contribution in [-0.2, 0) is 11.2 Å². The average Bonchev–Trinajstić information content (AvgIpc) is 2.26. The van der Waals surface area contributed by atoms with Crippen molar-refractivity contribution in [1.29, 1.82) is 0 Å². The predicted octanol–water partition coefficient (Wildman–Crippen LogP) is 2.46. The van der Waals surface area contributed by atoms with Gasteiger partial charge in [-0.25, -0.2) is 0 Å². The van der Waals surface area contributed by atoms with Crippen molar-refractivity contribution in [2.75, 3.05) is 13.7 Å². The van der Waals surface area contributed by atoms with Crippen molar-refractivity contribution in [1.82, 2.24) is 5.32 Å². The number of carbonyl (C=O) groups is 1. The molecule has 0 fully saturated rings. The summed E-state index contributed by atoms with van der Waals surface area (Å²) >= 11 is 5.99. The summed E-state index contributed by atoms with van der Waals surface area (Å²) < 4.78 is 5.05. The van der Waals surface area contributed by atoms with Crippen LogP contribution in [0, 0.1) is 0 Å². The molecule has 0 radical (unpaired) electrons. The van der Waals surface area contributed by atoms with Gasteiger partial charge in [0.2, 0.25) is 0 Å². The average molecular weight is 256 g/mol. The van der Waals surface area contributed by atoms with Gasteiger partial charge in [0, 0.05) is 12.5 Å². The SMILES string of the molecule is COc1ccc(CC(=O)CNC(C)C)cc1Cl. The van der Waals surface area contributed by atoms with Crippen molar-refractivity contribution in [3.63, 3.8) is 0 Å². The minimum Gasteiger partial charge on any atom is -0.495 e. The first-order valence-electron chi connectivity index (χ1n) is 5.60. The second-order valence-corrected chi connectivity index (χ2v) is 4.63. The smallest absolute Gasteiger partial charge is 0.150 e.